The highest BCUT2D eigenvalue weighted by atomic mass is 31.2. The van der Waals surface area contributed by atoms with Gasteiger partial charge in [-0.2, -0.15) is 10.2 Å². The molecule has 0 radical (unpaired) electrons. The summed E-state index contributed by atoms with van der Waals surface area (Å²) in [4.78, 5) is 31.5. The SMILES string of the molecule is COc1ccc(C(O[C@]23C[C@H]2C[C@@]2(O[P@](OCCC#N)N(C(C)C)C(C)C)[C@@H]3O[C@@H](n3cc(C)c(NC(=O)c4ccccc4)nc3=O)[C@H]2F)(c2ccccc2)c2ccc(OC)cc2)cc1. The molecule has 0 unspecified atom stereocenters. The summed E-state index contributed by atoms with van der Waals surface area (Å²) < 4.78 is 61.2. The molecule has 1 amide bonds. The van der Waals surface area contributed by atoms with E-state index in [1.54, 1.807) is 51.5 Å². The molecular weight excluding hydrogens is 849 g/mol. The van der Waals surface area contributed by atoms with Crippen LogP contribution in [0.4, 0.5) is 10.2 Å². The Hall–Kier alpha value is -5.52. The first-order valence-electron chi connectivity index (χ1n) is 21.9. The molecule has 8 rings (SSSR count). The van der Waals surface area contributed by atoms with E-state index in [2.05, 4.69) is 21.0 Å². The second-order valence-electron chi connectivity index (χ2n) is 17.4. The van der Waals surface area contributed by atoms with Gasteiger partial charge in [0.15, 0.2) is 12.4 Å². The van der Waals surface area contributed by atoms with Crippen molar-refractivity contribution in [1.29, 1.82) is 5.26 Å². The lowest BCUT2D eigenvalue weighted by atomic mass is 9.79. The molecule has 5 aromatic rings. The first-order valence-corrected chi connectivity index (χ1v) is 23.0. The Balaban J connectivity index is 1.27. The molecule has 15 heteroatoms. The highest BCUT2D eigenvalue weighted by Crippen LogP contribution is 2.73. The molecule has 1 N–H and O–H groups in total. The highest BCUT2D eigenvalue weighted by Gasteiger charge is 2.82. The number of carbonyl (C=O) groups excluding carboxylic acids is 1. The molecule has 340 valence electrons. The number of alkyl halides is 1. The van der Waals surface area contributed by atoms with Crippen LogP contribution >= 0.6 is 8.53 Å². The van der Waals surface area contributed by atoms with Gasteiger partial charge in [0, 0.05) is 29.4 Å². The van der Waals surface area contributed by atoms with Crippen LogP contribution in [0.3, 0.4) is 0 Å². The van der Waals surface area contributed by atoms with Gasteiger partial charge in [-0.05, 0) is 106 Å². The Morgan fingerprint density at radius 3 is 2.02 bits per heavy atom. The van der Waals surface area contributed by atoms with Crippen LogP contribution in [0, 0.1) is 24.2 Å². The average molecular weight is 904 g/mol. The average Bonchev–Trinajstić information content (AvgIpc) is 3.82. The molecule has 2 saturated carbocycles. The Kier molecular flexibility index (Phi) is 13.3. The van der Waals surface area contributed by atoms with Gasteiger partial charge < -0.3 is 33.3 Å². The van der Waals surface area contributed by atoms with E-state index in [0.717, 1.165) is 21.3 Å². The normalized spacial score (nSPS) is 23.8. The summed E-state index contributed by atoms with van der Waals surface area (Å²) in [6, 6.07) is 35.8. The maximum atomic E-state index is 18.4. The zero-order chi connectivity index (χ0) is 46.1. The number of nitrogens with zero attached hydrogens (tertiary/aromatic N) is 4. The van der Waals surface area contributed by atoms with Crippen molar-refractivity contribution < 1.29 is 37.2 Å². The number of nitriles is 1. The molecule has 13 nitrogen and oxygen atoms in total. The third-order valence-electron chi connectivity index (χ3n) is 12.6. The van der Waals surface area contributed by atoms with E-state index in [9.17, 15) is 14.9 Å². The first-order chi connectivity index (χ1) is 31.3. The summed E-state index contributed by atoms with van der Waals surface area (Å²) in [7, 11) is 1.22. The minimum atomic E-state index is -2.00. The van der Waals surface area contributed by atoms with Crippen LogP contribution in [0.1, 0.15) is 85.8 Å². The molecule has 2 heterocycles. The fraction of sp³-hybridized carbons (Fsp3) is 0.400. The summed E-state index contributed by atoms with van der Waals surface area (Å²) in [5, 5.41) is 12.3. The second kappa shape index (κ2) is 18.8. The van der Waals surface area contributed by atoms with Crippen molar-refractivity contribution in [3.63, 3.8) is 0 Å². The van der Waals surface area contributed by atoms with Gasteiger partial charge in [-0.1, -0.05) is 72.8 Å². The molecule has 1 saturated heterocycles. The number of aryl methyl sites for hydroxylation is 1. The Morgan fingerprint density at radius 1 is 0.908 bits per heavy atom. The number of carbonyl (C=O) groups is 1. The van der Waals surface area contributed by atoms with Crippen molar-refractivity contribution in [2.45, 2.75) is 101 Å². The largest absolute Gasteiger partial charge is 0.497 e. The van der Waals surface area contributed by atoms with Crippen LogP contribution in [0.15, 0.2) is 120 Å². The molecule has 0 bridgehead atoms. The molecule has 2 aliphatic carbocycles. The number of hydrogen-bond donors (Lipinski definition) is 1. The number of rotatable bonds is 18. The number of anilines is 1. The van der Waals surface area contributed by atoms with Gasteiger partial charge in [-0.15, -0.1) is 0 Å². The van der Waals surface area contributed by atoms with Crippen LogP contribution in [0.25, 0.3) is 0 Å². The molecule has 7 atom stereocenters. The number of methoxy groups -OCH3 is 2. The quantitative estimate of drug-likeness (QED) is 0.0510. The number of nitrogens with one attached hydrogen (secondary N) is 1. The summed E-state index contributed by atoms with van der Waals surface area (Å²) in [6.45, 7) is 9.82. The van der Waals surface area contributed by atoms with Gasteiger partial charge in [0.2, 0.25) is 0 Å². The summed E-state index contributed by atoms with van der Waals surface area (Å²) >= 11 is 0. The van der Waals surface area contributed by atoms with Crippen LogP contribution in [0.5, 0.6) is 11.5 Å². The van der Waals surface area contributed by atoms with Gasteiger partial charge >= 0.3 is 5.69 Å². The number of fused-ring (bicyclic) bond motifs is 3. The summed E-state index contributed by atoms with van der Waals surface area (Å²) in [6.07, 6.45) is -2.25. The third-order valence-corrected chi connectivity index (χ3v) is 14.8. The Labute approximate surface area is 380 Å². The van der Waals surface area contributed by atoms with Crippen molar-refractivity contribution in [2.75, 3.05) is 26.1 Å². The van der Waals surface area contributed by atoms with Crippen LogP contribution in [-0.2, 0) is 24.1 Å². The zero-order valence-corrected chi connectivity index (χ0v) is 38.5. The standard InChI is InChI=1S/C50H55FN5O8P/c1-32(2)56(33(3)4)65(61-28-14-27-52)64-49-30-39-29-48(39,46(49)62-45(42(49)51)55-31-34(5)43(54-47(55)58)53-44(57)35-15-10-8-11-16-35)63-50(36-17-12-9-13-18-36,37-19-23-40(59-6)24-20-37)38-21-25-41(60-7)26-22-38/h8-13,15-26,31-33,39,42,45-46H,14,28-30H2,1-7H3,(H,53,54,57,58)/t39-,42+,45+,46+,48+,49-,65-/m0/s1. The molecule has 0 spiro atoms. The smallest absolute Gasteiger partial charge is 0.351 e. The predicted octanol–water partition coefficient (Wildman–Crippen LogP) is 9.26. The van der Waals surface area contributed by atoms with Crippen molar-refractivity contribution in [2.24, 2.45) is 5.92 Å². The topological polar surface area (TPSA) is 146 Å². The summed E-state index contributed by atoms with van der Waals surface area (Å²) in [5.41, 5.74) is -1.76. The number of halogens is 1. The predicted molar refractivity (Wildman–Crippen MR) is 244 cm³/mol. The number of aromatic nitrogens is 2. The number of hydrogen-bond acceptors (Lipinski definition) is 11. The van der Waals surface area contributed by atoms with E-state index < -0.39 is 55.4 Å². The van der Waals surface area contributed by atoms with Crippen LogP contribution in [-0.4, -0.2) is 76.5 Å². The Morgan fingerprint density at radius 2 is 1.46 bits per heavy atom. The monoisotopic (exact) mass is 903 g/mol. The van der Waals surface area contributed by atoms with Crippen molar-refractivity contribution >= 4 is 20.3 Å². The first kappa shape index (κ1) is 46.0. The van der Waals surface area contributed by atoms with Crippen LogP contribution in [0.2, 0.25) is 0 Å². The fourth-order valence-electron chi connectivity index (χ4n) is 9.61. The van der Waals surface area contributed by atoms with Crippen LogP contribution < -0.4 is 20.5 Å². The fourth-order valence-corrected chi connectivity index (χ4v) is 11.5. The second-order valence-corrected chi connectivity index (χ2v) is 18.7. The molecule has 65 heavy (non-hydrogen) atoms. The van der Waals surface area contributed by atoms with Crippen molar-refractivity contribution in [1.82, 2.24) is 14.2 Å². The van der Waals surface area contributed by atoms with E-state index in [0.29, 0.717) is 29.0 Å². The van der Waals surface area contributed by atoms with E-state index in [1.165, 1.54) is 6.20 Å². The lowest BCUT2D eigenvalue weighted by Crippen LogP contribution is -2.52. The number of benzene rings is 4. The van der Waals surface area contributed by atoms with Gasteiger partial charge in [0.25, 0.3) is 14.4 Å². The minimum Gasteiger partial charge on any atom is -0.497 e. The molecule has 4 aromatic carbocycles. The maximum absolute atomic E-state index is 18.4. The lowest BCUT2D eigenvalue weighted by molar-refractivity contribution is -0.162. The highest BCUT2D eigenvalue weighted by molar-refractivity contribution is 7.44. The molecule has 3 fully saturated rings. The maximum Gasteiger partial charge on any atom is 0.351 e. The summed E-state index contributed by atoms with van der Waals surface area (Å²) in [5.74, 6) is 0.689. The van der Waals surface area contributed by atoms with Crippen molar-refractivity contribution in [3.8, 4) is 17.6 Å². The number of amides is 1. The van der Waals surface area contributed by atoms with E-state index in [1.807, 2.05) is 107 Å². The van der Waals surface area contributed by atoms with Gasteiger partial charge in [-0.25, -0.2) is 13.9 Å². The third kappa shape index (κ3) is 8.46. The van der Waals surface area contributed by atoms with E-state index in [4.69, 9.17) is 28.0 Å². The Bertz CT molecular complexity index is 2500. The minimum absolute atomic E-state index is 0.0484. The van der Waals surface area contributed by atoms with Gasteiger partial charge in [-0.3, -0.25) is 9.36 Å². The number of ether oxygens (including phenoxy) is 4. The lowest BCUT2D eigenvalue weighted by Gasteiger charge is -2.44. The van der Waals surface area contributed by atoms with Gasteiger partial charge in [0.1, 0.15) is 40.2 Å². The van der Waals surface area contributed by atoms with E-state index >= 15 is 4.39 Å². The molecule has 1 aliphatic heterocycles. The zero-order valence-electron chi connectivity index (χ0n) is 37.6. The van der Waals surface area contributed by atoms with E-state index in [-0.39, 0.29) is 43.3 Å². The molecule has 1 aromatic heterocycles. The molecular formula is C50H55FN5O8P. The van der Waals surface area contributed by atoms with Crippen molar-refractivity contribution in [3.05, 3.63) is 154 Å². The van der Waals surface area contributed by atoms with Gasteiger partial charge in [0.05, 0.1) is 33.3 Å². The molecule has 3 aliphatic rings.